The van der Waals surface area contributed by atoms with E-state index < -0.39 is 0 Å². The third-order valence-corrected chi connectivity index (χ3v) is 10.4. The molecular weight excluding hydrogens is 569 g/mol. The number of hydrogen-bond acceptors (Lipinski definition) is 1. The highest BCUT2D eigenvalue weighted by Gasteiger charge is 2.35. The Morgan fingerprint density at radius 1 is 0.404 bits per heavy atom. The lowest BCUT2D eigenvalue weighted by Gasteiger charge is -2.22. The SMILES string of the molecule is COc1ccc(-c2c3ccccc3c(-c3ccc4c(c3)-c3ccccc3C4(C)C)c3cc(-c4ccc5ccccc5c4)ccc23)cc1. The average Bonchev–Trinajstić information content (AvgIpc) is 3.35. The second-order valence-corrected chi connectivity index (χ2v) is 13.3. The van der Waals surface area contributed by atoms with Crippen LogP contribution in [0.5, 0.6) is 5.75 Å². The van der Waals surface area contributed by atoms with Crippen LogP contribution in [-0.2, 0) is 5.41 Å². The van der Waals surface area contributed by atoms with Gasteiger partial charge in [-0.3, -0.25) is 0 Å². The molecule has 0 aliphatic heterocycles. The normalized spacial score (nSPS) is 13.2. The smallest absolute Gasteiger partial charge is 0.118 e. The number of methoxy groups -OCH3 is 1. The van der Waals surface area contributed by atoms with Crippen molar-refractivity contribution in [3.05, 3.63) is 163 Å². The summed E-state index contributed by atoms with van der Waals surface area (Å²) in [5.41, 5.74) is 12.8. The van der Waals surface area contributed by atoms with Gasteiger partial charge in [-0.2, -0.15) is 0 Å². The Kier molecular flexibility index (Phi) is 6.14. The molecule has 0 saturated heterocycles. The Morgan fingerprint density at radius 2 is 0.979 bits per heavy atom. The number of fused-ring (bicyclic) bond motifs is 6. The number of benzene rings is 8. The van der Waals surface area contributed by atoms with Gasteiger partial charge in [0.1, 0.15) is 5.75 Å². The van der Waals surface area contributed by atoms with E-state index in [1.807, 2.05) is 0 Å². The van der Waals surface area contributed by atoms with Crippen molar-refractivity contribution in [2.75, 3.05) is 7.11 Å². The predicted molar refractivity (Wildman–Crippen MR) is 199 cm³/mol. The summed E-state index contributed by atoms with van der Waals surface area (Å²) in [5, 5.41) is 7.52. The second kappa shape index (κ2) is 10.4. The topological polar surface area (TPSA) is 9.23 Å². The maximum atomic E-state index is 5.53. The highest BCUT2D eigenvalue weighted by atomic mass is 16.5. The molecular formula is C46H34O. The van der Waals surface area contributed by atoms with Gasteiger partial charge in [-0.25, -0.2) is 0 Å². The molecule has 0 unspecified atom stereocenters. The fraction of sp³-hybridized carbons (Fsp3) is 0.0870. The molecule has 9 rings (SSSR count). The maximum absolute atomic E-state index is 5.53. The molecule has 0 aromatic heterocycles. The molecule has 8 aromatic carbocycles. The molecule has 8 aromatic rings. The summed E-state index contributed by atoms with van der Waals surface area (Å²) in [4.78, 5) is 0. The first kappa shape index (κ1) is 27.6. The zero-order chi connectivity index (χ0) is 31.7. The van der Waals surface area contributed by atoms with Gasteiger partial charge >= 0.3 is 0 Å². The highest BCUT2D eigenvalue weighted by Crippen LogP contribution is 2.51. The van der Waals surface area contributed by atoms with Crippen LogP contribution in [0.1, 0.15) is 25.0 Å². The highest BCUT2D eigenvalue weighted by molar-refractivity contribution is 6.22. The van der Waals surface area contributed by atoms with Gasteiger partial charge in [0.25, 0.3) is 0 Å². The molecule has 0 spiro atoms. The van der Waals surface area contributed by atoms with E-state index in [4.69, 9.17) is 4.74 Å². The molecule has 224 valence electrons. The third-order valence-electron chi connectivity index (χ3n) is 10.4. The Morgan fingerprint density at radius 3 is 1.77 bits per heavy atom. The minimum absolute atomic E-state index is 0.0317. The van der Waals surface area contributed by atoms with Crippen LogP contribution in [0.25, 0.3) is 76.8 Å². The summed E-state index contributed by atoms with van der Waals surface area (Å²) in [6, 6.07) is 55.9. The Balaban J connectivity index is 1.37. The fourth-order valence-corrected chi connectivity index (χ4v) is 7.98. The van der Waals surface area contributed by atoms with Crippen molar-refractivity contribution >= 4 is 32.3 Å². The van der Waals surface area contributed by atoms with Gasteiger partial charge in [0, 0.05) is 5.41 Å². The summed E-state index contributed by atoms with van der Waals surface area (Å²) < 4.78 is 5.53. The van der Waals surface area contributed by atoms with Gasteiger partial charge in [0.05, 0.1) is 7.11 Å². The van der Waals surface area contributed by atoms with Crippen molar-refractivity contribution < 1.29 is 4.74 Å². The van der Waals surface area contributed by atoms with Crippen LogP contribution >= 0.6 is 0 Å². The van der Waals surface area contributed by atoms with E-state index in [0.717, 1.165) is 5.75 Å². The average molecular weight is 603 g/mol. The number of rotatable bonds is 4. The van der Waals surface area contributed by atoms with E-state index in [1.54, 1.807) is 7.11 Å². The zero-order valence-corrected chi connectivity index (χ0v) is 26.8. The molecule has 1 heteroatoms. The number of hydrogen-bond donors (Lipinski definition) is 0. The lowest BCUT2D eigenvalue weighted by Crippen LogP contribution is -2.14. The Hall–Kier alpha value is -5.66. The second-order valence-electron chi connectivity index (χ2n) is 13.3. The fourth-order valence-electron chi connectivity index (χ4n) is 7.98. The Labute approximate surface area is 275 Å². The lowest BCUT2D eigenvalue weighted by atomic mass is 9.81. The minimum Gasteiger partial charge on any atom is -0.497 e. The first-order chi connectivity index (χ1) is 23.0. The maximum Gasteiger partial charge on any atom is 0.118 e. The monoisotopic (exact) mass is 602 g/mol. The van der Waals surface area contributed by atoms with Crippen molar-refractivity contribution in [2.24, 2.45) is 0 Å². The third kappa shape index (κ3) is 4.23. The molecule has 47 heavy (non-hydrogen) atoms. The van der Waals surface area contributed by atoms with Crippen molar-refractivity contribution in [3.63, 3.8) is 0 Å². The first-order valence-corrected chi connectivity index (χ1v) is 16.4. The number of ether oxygens (including phenoxy) is 1. The lowest BCUT2D eigenvalue weighted by molar-refractivity contribution is 0.415. The van der Waals surface area contributed by atoms with Crippen LogP contribution in [0.3, 0.4) is 0 Å². The molecule has 0 amide bonds. The molecule has 1 aliphatic rings. The summed E-state index contributed by atoms with van der Waals surface area (Å²) in [7, 11) is 1.72. The summed E-state index contributed by atoms with van der Waals surface area (Å²) in [6.45, 7) is 4.70. The van der Waals surface area contributed by atoms with E-state index in [9.17, 15) is 0 Å². The molecule has 1 nitrogen and oxygen atoms in total. The van der Waals surface area contributed by atoms with Crippen molar-refractivity contribution in [1.82, 2.24) is 0 Å². The van der Waals surface area contributed by atoms with E-state index in [-0.39, 0.29) is 5.41 Å². The minimum atomic E-state index is -0.0317. The van der Waals surface area contributed by atoms with E-state index >= 15 is 0 Å². The predicted octanol–water partition coefficient (Wildman–Crippen LogP) is 12.5. The van der Waals surface area contributed by atoms with Gasteiger partial charge < -0.3 is 4.74 Å². The van der Waals surface area contributed by atoms with Crippen molar-refractivity contribution in [2.45, 2.75) is 19.3 Å². The van der Waals surface area contributed by atoms with Gasteiger partial charge in [-0.1, -0.05) is 135 Å². The van der Waals surface area contributed by atoms with Crippen LogP contribution in [0.4, 0.5) is 0 Å². The Bertz CT molecular complexity index is 2520. The molecule has 0 atom stereocenters. The van der Waals surface area contributed by atoms with Gasteiger partial charge in [-0.15, -0.1) is 0 Å². The van der Waals surface area contributed by atoms with Gasteiger partial charge in [0.2, 0.25) is 0 Å². The zero-order valence-electron chi connectivity index (χ0n) is 26.8. The standard InChI is InChI=1S/C46H34O/c1-46(2)42-15-9-8-12-36(42)40-28-34(21-25-43(40)46)45-38-14-7-6-13-37(38)44(30-18-22-35(47-3)23-19-30)39-24-20-33(27-41(39)45)32-17-16-29-10-4-5-11-31(29)26-32/h4-28H,1-3H3. The van der Waals surface area contributed by atoms with Crippen molar-refractivity contribution in [1.29, 1.82) is 0 Å². The molecule has 0 fully saturated rings. The van der Waals surface area contributed by atoms with Crippen LogP contribution in [0.15, 0.2) is 152 Å². The molecule has 1 aliphatic carbocycles. The molecule has 0 N–H and O–H groups in total. The van der Waals surface area contributed by atoms with Crippen LogP contribution < -0.4 is 4.74 Å². The van der Waals surface area contributed by atoms with E-state index in [1.165, 1.54) is 88.0 Å². The molecule has 0 saturated carbocycles. The summed E-state index contributed by atoms with van der Waals surface area (Å²) in [5.74, 6) is 0.860. The molecule has 0 heterocycles. The molecule has 0 bridgehead atoms. The van der Waals surface area contributed by atoms with E-state index in [2.05, 4.69) is 166 Å². The van der Waals surface area contributed by atoms with Crippen LogP contribution in [-0.4, -0.2) is 7.11 Å². The van der Waals surface area contributed by atoms with Gasteiger partial charge in [-0.05, 0) is 118 Å². The molecule has 0 radical (unpaired) electrons. The largest absolute Gasteiger partial charge is 0.497 e. The first-order valence-electron chi connectivity index (χ1n) is 16.4. The summed E-state index contributed by atoms with van der Waals surface area (Å²) in [6.07, 6.45) is 0. The van der Waals surface area contributed by atoms with E-state index in [0.29, 0.717) is 0 Å². The van der Waals surface area contributed by atoms with Gasteiger partial charge in [0.15, 0.2) is 0 Å². The summed E-state index contributed by atoms with van der Waals surface area (Å²) >= 11 is 0. The quantitative estimate of drug-likeness (QED) is 0.182. The van der Waals surface area contributed by atoms with Crippen LogP contribution in [0, 0.1) is 0 Å². The van der Waals surface area contributed by atoms with Crippen LogP contribution in [0.2, 0.25) is 0 Å². The van der Waals surface area contributed by atoms with Crippen molar-refractivity contribution in [3.8, 4) is 50.3 Å².